The highest BCUT2D eigenvalue weighted by molar-refractivity contribution is 7.89. The standard InChI is InChI=1S/C13H21N3O2S/c1-3-10-6-7-16(9-10)13-8-11(4-5-12(13)14)19(17,18)15-2/h4-5,8,10,15H,3,6-7,9,14H2,1-2H3. The Morgan fingerprint density at radius 2 is 2.21 bits per heavy atom. The van der Waals surface area contributed by atoms with Crippen LogP contribution in [0.4, 0.5) is 11.4 Å². The molecule has 1 heterocycles. The second kappa shape index (κ2) is 5.38. The van der Waals surface area contributed by atoms with Crippen LogP contribution in [0.15, 0.2) is 23.1 Å². The highest BCUT2D eigenvalue weighted by Gasteiger charge is 2.24. The number of hydrogen-bond donors (Lipinski definition) is 2. The molecule has 1 unspecified atom stereocenters. The van der Waals surface area contributed by atoms with Crippen LogP contribution in [-0.2, 0) is 10.0 Å². The van der Waals surface area contributed by atoms with Gasteiger partial charge in [-0.25, -0.2) is 13.1 Å². The van der Waals surface area contributed by atoms with E-state index in [9.17, 15) is 8.42 Å². The van der Waals surface area contributed by atoms with Crippen LogP contribution >= 0.6 is 0 Å². The Hall–Kier alpha value is -1.27. The highest BCUT2D eigenvalue weighted by atomic mass is 32.2. The molecule has 0 amide bonds. The topological polar surface area (TPSA) is 75.4 Å². The van der Waals surface area contributed by atoms with E-state index in [1.165, 1.54) is 13.1 Å². The van der Waals surface area contributed by atoms with E-state index in [1.807, 2.05) is 0 Å². The molecule has 0 aliphatic carbocycles. The first-order valence-corrected chi connectivity index (χ1v) is 8.04. The molecule has 3 N–H and O–H groups in total. The minimum Gasteiger partial charge on any atom is -0.397 e. The van der Waals surface area contributed by atoms with Crippen molar-refractivity contribution in [3.63, 3.8) is 0 Å². The van der Waals surface area contributed by atoms with Crippen LogP contribution in [0.5, 0.6) is 0 Å². The molecule has 0 saturated carbocycles. The molecule has 0 bridgehead atoms. The van der Waals surface area contributed by atoms with Crippen LogP contribution in [0.25, 0.3) is 0 Å². The average Bonchev–Trinajstić information content (AvgIpc) is 2.87. The van der Waals surface area contributed by atoms with Gasteiger partial charge in [-0.2, -0.15) is 0 Å². The van der Waals surface area contributed by atoms with E-state index in [-0.39, 0.29) is 4.90 Å². The number of nitrogens with one attached hydrogen (secondary N) is 1. The maximum absolute atomic E-state index is 11.8. The van der Waals surface area contributed by atoms with E-state index in [0.717, 1.165) is 31.6 Å². The summed E-state index contributed by atoms with van der Waals surface area (Å²) in [7, 11) is -2.01. The molecule has 1 fully saturated rings. The Balaban J connectivity index is 2.33. The zero-order valence-electron chi connectivity index (χ0n) is 11.4. The van der Waals surface area contributed by atoms with E-state index in [0.29, 0.717) is 11.6 Å². The van der Waals surface area contributed by atoms with Crippen LogP contribution < -0.4 is 15.4 Å². The van der Waals surface area contributed by atoms with Crippen molar-refractivity contribution in [3.8, 4) is 0 Å². The summed E-state index contributed by atoms with van der Waals surface area (Å²) in [5.74, 6) is 0.670. The van der Waals surface area contributed by atoms with Gasteiger partial charge in [-0.15, -0.1) is 0 Å². The van der Waals surface area contributed by atoms with Gasteiger partial charge in [0.2, 0.25) is 10.0 Å². The maximum Gasteiger partial charge on any atom is 0.240 e. The van der Waals surface area contributed by atoms with E-state index in [4.69, 9.17) is 5.73 Å². The summed E-state index contributed by atoms with van der Waals surface area (Å²) in [6, 6.07) is 4.87. The summed E-state index contributed by atoms with van der Waals surface area (Å²) in [5.41, 5.74) is 7.44. The van der Waals surface area contributed by atoms with Gasteiger partial charge in [-0.1, -0.05) is 13.3 Å². The zero-order valence-corrected chi connectivity index (χ0v) is 12.2. The largest absolute Gasteiger partial charge is 0.397 e. The smallest absolute Gasteiger partial charge is 0.240 e. The lowest BCUT2D eigenvalue weighted by atomic mass is 10.1. The van der Waals surface area contributed by atoms with Crippen molar-refractivity contribution in [3.05, 3.63) is 18.2 Å². The number of nitrogens with zero attached hydrogens (tertiary/aromatic N) is 1. The van der Waals surface area contributed by atoms with Gasteiger partial charge >= 0.3 is 0 Å². The van der Waals surface area contributed by atoms with E-state index < -0.39 is 10.0 Å². The number of anilines is 2. The second-order valence-corrected chi connectivity index (χ2v) is 6.82. The predicted octanol–water partition coefficient (Wildman–Crippen LogP) is 1.41. The highest BCUT2D eigenvalue weighted by Crippen LogP contribution is 2.31. The van der Waals surface area contributed by atoms with Gasteiger partial charge in [0, 0.05) is 13.1 Å². The molecule has 5 nitrogen and oxygen atoms in total. The van der Waals surface area contributed by atoms with E-state index in [2.05, 4.69) is 16.5 Å². The minimum atomic E-state index is -3.42. The second-order valence-electron chi connectivity index (χ2n) is 4.94. The Bertz CT molecular complexity index is 557. The van der Waals surface area contributed by atoms with E-state index in [1.54, 1.807) is 12.1 Å². The van der Waals surface area contributed by atoms with Crippen molar-refractivity contribution in [2.45, 2.75) is 24.7 Å². The monoisotopic (exact) mass is 283 g/mol. The Labute approximate surface area is 114 Å². The summed E-state index contributed by atoms with van der Waals surface area (Å²) in [4.78, 5) is 2.44. The van der Waals surface area contributed by atoms with E-state index >= 15 is 0 Å². The van der Waals surface area contributed by atoms with Gasteiger partial charge in [-0.05, 0) is 37.6 Å². The molecule has 0 radical (unpaired) electrons. The Kier molecular flexibility index (Phi) is 4.01. The van der Waals surface area contributed by atoms with Crippen LogP contribution in [0.1, 0.15) is 19.8 Å². The van der Waals surface area contributed by atoms with Crippen molar-refractivity contribution < 1.29 is 8.42 Å². The minimum absolute atomic E-state index is 0.263. The number of hydrogen-bond acceptors (Lipinski definition) is 4. The molecule has 1 aliphatic heterocycles. The molecule has 1 atom stereocenters. The van der Waals surface area contributed by atoms with Gasteiger partial charge in [0.1, 0.15) is 0 Å². The lowest BCUT2D eigenvalue weighted by molar-refractivity contribution is 0.569. The van der Waals surface area contributed by atoms with Gasteiger partial charge in [0.25, 0.3) is 0 Å². The first kappa shape index (κ1) is 14.1. The molecule has 1 saturated heterocycles. The van der Waals surface area contributed by atoms with Crippen molar-refractivity contribution in [2.24, 2.45) is 5.92 Å². The molecule has 1 aromatic rings. The van der Waals surface area contributed by atoms with Gasteiger partial charge < -0.3 is 10.6 Å². The van der Waals surface area contributed by atoms with Crippen LogP contribution in [0.2, 0.25) is 0 Å². The van der Waals surface area contributed by atoms with Gasteiger partial charge in [-0.3, -0.25) is 0 Å². The molecular weight excluding hydrogens is 262 g/mol. The van der Waals surface area contributed by atoms with Gasteiger partial charge in [0.05, 0.1) is 16.3 Å². The number of sulfonamides is 1. The molecule has 2 rings (SSSR count). The normalized spacial score (nSPS) is 19.9. The zero-order chi connectivity index (χ0) is 14.0. The molecule has 6 heteroatoms. The Morgan fingerprint density at radius 3 is 2.79 bits per heavy atom. The SMILES string of the molecule is CCC1CCN(c2cc(S(=O)(=O)NC)ccc2N)C1. The fourth-order valence-electron chi connectivity index (χ4n) is 2.47. The summed E-state index contributed by atoms with van der Waals surface area (Å²) in [5, 5.41) is 0. The molecular formula is C13H21N3O2S. The fourth-order valence-corrected chi connectivity index (χ4v) is 3.22. The third-order valence-electron chi connectivity index (χ3n) is 3.78. The first-order valence-electron chi connectivity index (χ1n) is 6.56. The van der Waals surface area contributed by atoms with Gasteiger partial charge in [0.15, 0.2) is 0 Å². The van der Waals surface area contributed by atoms with Crippen LogP contribution in [0, 0.1) is 5.92 Å². The lowest BCUT2D eigenvalue weighted by Gasteiger charge is -2.21. The summed E-state index contributed by atoms with van der Waals surface area (Å²) < 4.78 is 26.0. The molecule has 19 heavy (non-hydrogen) atoms. The van der Waals surface area contributed by atoms with Crippen molar-refractivity contribution in [1.29, 1.82) is 0 Å². The fraction of sp³-hybridized carbons (Fsp3) is 0.538. The first-order chi connectivity index (χ1) is 8.97. The van der Waals surface area contributed by atoms with Crippen LogP contribution in [0.3, 0.4) is 0 Å². The number of nitrogen functional groups attached to an aromatic ring is 1. The van der Waals surface area contributed by atoms with Crippen LogP contribution in [-0.4, -0.2) is 28.6 Å². The summed E-state index contributed by atoms with van der Waals surface area (Å²) >= 11 is 0. The van der Waals surface area contributed by atoms with Crippen molar-refractivity contribution >= 4 is 21.4 Å². The molecule has 106 valence electrons. The average molecular weight is 283 g/mol. The number of nitrogens with two attached hydrogens (primary N) is 1. The molecule has 0 spiro atoms. The van der Waals surface area contributed by atoms with Crippen molar-refractivity contribution in [1.82, 2.24) is 4.72 Å². The molecule has 0 aromatic heterocycles. The summed E-state index contributed by atoms with van der Waals surface area (Å²) in [6.45, 7) is 4.06. The molecule has 1 aromatic carbocycles. The molecule has 1 aliphatic rings. The number of rotatable bonds is 4. The lowest BCUT2D eigenvalue weighted by Crippen LogP contribution is -2.23. The Morgan fingerprint density at radius 1 is 1.47 bits per heavy atom. The van der Waals surface area contributed by atoms with Crippen molar-refractivity contribution in [2.75, 3.05) is 30.8 Å². The maximum atomic E-state index is 11.8. The number of benzene rings is 1. The third-order valence-corrected chi connectivity index (χ3v) is 5.20. The quantitative estimate of drug-likeness (QED) is 0.819. The predicted molar refractivity (Wildman–Crippen MR) is 77.7 cm³/mol. The third kappa shape index (κ3) is 2.84. The summed E-state index contributed by atoms with van der Waals surface area (Å²) in [6.07, 6.45) is 2.28.